The molecule has 0 bridgehead atoms. The van der Waals surface area contributed by atoms with E-state index in [1.165, 1.54) is 18.9 Å². The van der Waals surface area contributed by atoms with Gasteiger partial charge in [-0.25, -0.2) is 4.68 Å². The SMILES string of the molecule is COc1ccc(OC)c(NC(=O)Cn2nnc(C(=O)Nc3ccc(C)cc3C)c2C)c1. The summed E-state index contributed by atoms with van der Waals surface area (Å²) >= 11 is 0. The fraction of sp³-hybridized carbons (Fsp3) is 0.273. The minimum absolute atomic E-state index is 0.115. The number of rotatable bonds is 7. The fourth-order valence-electron chi connectivity index (χ4n) is 3.09. The van der Waals surface area contributed by atoms with Crippen LogP contribution < -0.4 is 20.1 Å². The van der Waals surface area contributed by atoms with Crippen LogP contribution in [-0.2, 0) is 11.3 Å². The second-order valence-electron chi connectivity index (χ2n) is 7.07. The maximum absolute atomic E-state index is 12.7. The third-order valence-corrected chi connectivity index (χ3v) is 4.80. The third kappa shape index (κ3) is 5.00. The third-order valence-electron chi connectivity index (χ3n) is 4.80. The van der Waals surface area contributed by atoms with E-state index in [-0.39, 0.29) is 24.1 Å². The van der Waals surface area contributed by atoms with Crippen LogP contribution in [0.25, 0.3) is 0 Å². The van der Waals surface area contributed by atoms with Gasteiger partial charge in [0.15, 0.2) is 5.69 Å². The van der Waals surface area contributed by atoms with Crippen molar-refractivity contribution in [1.29, 1.82) is 0 Å². The smallest absolute Gasteiger partial charge is 0.278 e. The van der Waals surface area contributed by atoms with Gasteiger partial charge in [0, 0.05) is 11.8 Å². The number of amides is 2. The van der Waals surface area contributed by atoms with Crippen molar-refractivity contribution >= 4 is 23.2 Å². The van der Waals surface area contributed by atoms with E-state index in [0.717, 1.165) is 11.1 Å². The number of nitrogens with zero attached hydrogens (tertiary/aromatic N) is 3. The van der Waals surface area contributed by atoms with Gasteiger partial charge >= 0.3 is 0 Å². The molecular formula is C22H25N5O4. The lowest BCUT2D eigenvalue weighted by atomic mass is 10.1. The molecular weight excluding hydrogens is 398 g/mol. The summed E-state index contributed by atoms with van der Waals surface area (Å²) in [6.45, 7) is 5.48. The molecule has 0 aliphatic rings. The first-order chi connectivity index (χ1) is 14.8. The number of anilines is 2. The van der Waals surface area contributed by atoms with Crippen molar-refractivity contribution in [2.24, 2.45) is 0 Å². The van der Waals surface area contributed by atoms with Crippen LogP contribution in [0.5, 0.6) is 11.5 Å². The molecule has 0 saturated heterocycles. The molecule has 31 heavy (non-hydrogen) atoms. The summed E-state index contributed by atoms with van der Waals surface area (Å²) in [4.78, 5) is 25.2. The van der Waals surface area contributed by atoms with E-state index in [4.69, 9.17) is 9.47 Å². The number of ether oxygens (including phenoxy) is 2. The van der Waals surface area contributed by atoms with Crippen LogP contribution in [0.3, 0.4) is 0 Å². The molecule has 1 aromatic heterocycles. The Bertz CT molecular complexity index is 1120. The predicted molar refractivity (Wildman–Crippen MR) is 117 cm³/mol. The van der Waals surface area contributed by atoms with Crippen molar-refractivity contribution in [2.45, 2.75) is 27.3 Å². The van der Waals surface area contributed by atoms with Gasteiger partial charge in [0.25, 0.3) is 5.91 Å². The van der Waals surface area contributed by atoms with E-state index in [1.807, 2.05) is 32.0 Å². The lowest BCUT2D eigenvalue weighted by Crippen LogP contribution is -2.21. The van der Waals surface area contributed by atoms with E-state index in [9.17, 15) is 9.59 Å². The summed E-state index contributed by atoms with van der Waals surface area (Å²) in [5.41, 5.74) is 3.87. The average Bonchev–Trinajstić information content (AvgIpc) is 3.10. The molecule has 9 heteroatoms. The highest BCUT2D eigenvalue weighted by molar-refractivity contribution is 6.04. The van der Waals surface area contributed by atoms with Gasteiger partial charge in [0.2, 0.25) is 5.91 Å². The molecule has 2 N–H and O–H groups in total. The van der Waals surface area contributed by atoms with Crippen molar-refractivity contribution in [2.75, 3.05) is 24.9 Å². The lowest BCUT2D eigenvalue weighted by Gasteiger charge is -2.12. The Kier molecular flexibility index (Phi) is 6.54. The maximum Gasteiger partial charge on any atom is 0.278 e. The molecule has 2 aromatic carbocycles. The topological polar surface area (TPSA) is 107 Å². The van der Waals surface area contributed by atoms with Crippen molar-refractivity contribution in [3.8, 4) is 11.5 Å². The van der Waals surface area contributed by atoms with Crippen LogP contribution in [0.4, 0.5) is 11.4 Å². The van der Waals surface area contributed by atoms with Gasteiger partial charge in [-0.3, -0.25) is 9.59 Å². The first-order valence-corrected chi connectivity index (χ1v) is 9.63. The van der Waals surface area contributed by atoms with Crippen LogP contribution in [0.2, 0.25) is 0 Å². The lowest BCUT2D eigenvalue weighted by molar-refractivity contribution is -0.117. The highest BCUT2D eigenvalue weighted by atomic mass is 16.5. The van der Waals surface area contributed by atoms with Crippen molar-refractivity contribution < 1.29 is 19.1 Å². The Morgan fingerprint density at radius 3 is 2.42 bits per heavy atom. The Balaban J connectivity index is 1.71. The number of carbonyl (C=O) groups is 2. The Morgan fingerprint density at radius 1 is 0.968 bits per heavy atom. The minimum Gasteiger partial charge on any atom is -0.497 e. The van der Waals surface area contributed by atoms with E-state index in [0.29, 0.717) is 28.6 Å². The number of aryl methyl sites for hydroxylation is 2. The van der Waals surface area contributed by atoms with Crippen LogP contribution in [0, 0.1) is 20.8 Å². The van der Waals surface area contributed by atoms with Gasteiger partial charge in [-0.15, -0.1) is 5.10 Å². The first kappa shape index (κ1) is 21.8. The quantitative estimate of drug-likeness (QED) is 0.605. The Hall–Kier alpha value is -3.88. The number of benzene rings is 2. The van der Waals surface area contributed by atoms with E-state index in [1.54, 1.807) is 25.1 Å². The minimum atomic E-state index is -0.384. The van der Waals surface area contributed by atoms with Gasteiger partial charge in [0.05, 0.1) is 25.6 Å². The molecule has 162 valence electrons. The molecule has 0 atom stereocenters. The Labute approximate surface area is 180 Å². The molecule has 0 aliphatic heterocycles. The highest BCUT2D eigenvalue weighted by Crippen LogP contribution is 2.28. The maximum atomic E-state index is 12.7. The highest BCUT2D eigenvalue weighted by Gasteiger charge is 2.19. The number of nitrogens with one attached hydrogen (secondary N) is 2. The molecule has 3 aromatic rings. The molecule has 0 fully saturated rings. The molecule has 9 nitrogen and oxygen atoms in total. The summed E-state index contributed by atoms with van der Waals surface area (Å²) in [7, 11) is 3.05. The standard InChI is InChI=1S/C22H25N5O4/c1-13-6-8-17(14(2)10-13)24-22(29)21-15(3)27(26-25-21)12-20(28)23-18-11-16(30-4)7-9-19(18)31-5/h6-11H,12H2,1-5H3,(H,23,28)(H,24,29). The molecule has 0 saturated carbocycles. The summed E-state index contributed by atoms with van der Waals surface area (Å²) in [5.74, 6) is 0.350. The van der Waals surface area contributed by atoms with Gasteiger partial charge < -0.3 is 20.1 Å². The number of hydrogen-bond donors (Lipinski definition) is 2. The number of carbonyl (C=O) groups excluding carboxylic acids is 2. The van der Waals surface area contributed by atoms with Crippen molar-refractivity contribution in [3.63, 3.8) is 0 Å². The van der Waals surface area contributed by atoms with E-state index >= 15 is 0 Å². The molecule has 1 heterocycles. The fourth-order valence-corrected chi connectivity index (χ4v) is 3.09. The largest absolute Gasteiger partial charge is 0.497 e. The van der Waals surface area contributed by atoms with Crippen LogP contribution in [0.15, 0.2) is 36.4 Å². The Morgan fingerprint density at radius 2 is 1.74 bits per heavy atom. The van der Waals surface area contributed by atoms with E-state index < -0.39 is 0 Å². The van der Waals surface area contributed by atoms with Gasteiger partial charge in [-0.1, -0.05) is 22.9 Å². The zero-order valence-electron chi connectivity index (χ0n) is 18.1. The second-order valence-corrected chi connectivity index (χ2v) is 7.07. The van der Waals surface area contributed by atoms with Gasteiger partial charge in [-0.2, -0.15) is 0 Å². The van der Waals surface area contributed by atoms with Crippen molar-refractivity contribution in [3.05, 3.63) is 58.9 Å². The predicted octanol–water partition coefficient (Wildman–Crippen LogP) is 3.11. The monoisotopic (exact) mass is 423 g/mol. The van der Waals surface area contributed by atoms with Gasteiger partial charge in [0.1, 0.15) is 18.0 Å². The first-order valence-electron chi connectivity index (χ1n) is 9.63. The zero-order valence-corrected chi connectivity index (χ0v) is 18.1. The summed E-state index contributed by atoms with van der Waals surface area (Å²) in [6.07, 6.45) is 0. The molecule has 0 aliphatic carbocycles. The normalized spacial score (nSPS) is 10.5. The molecule has 0 unspecified atom stereocenters. The summed E-state index contributed by atoms with van der Waals surface area (Å²) in [6, 6.07) is 10.8. The summed E-state index contributed by atoms with van der Waals surface area (Å²) in [5, 5.41) is 13.5. The summed E-state index contributed by atoms with van der Waals surface area (Å²) < 4.78 is 11.8. The van der Waals surface area contributed by atoms with Crippen LogP contribution >= 0.6 is 0 Å². The number of methoxy groups -OCH3 is 2. The van der Waals surface area contributed by atoms with Crippen LogP contribution in [0.1, 0.15) is 27.3 Å². The van der Waals surface area contributed by atoms with Crippen molar-refractivity contribution in [1.82, 2.24) is 15.0 Å². The second kappa shape index (κ2) is 9.29. The van der Waals surface area contributed by atoms with Crippen LogP contribution in [-0.4, -0.2) is 41.0 Å². The molecule has 0 radical (unpaired) electrons. The number of hydrogen-bond acceptors (Lipinski definition) is 6. The number of aromatic nitrogens is 3. The average molecular weight is 423 g/mol. The molecule has 3 rings (SSSR count). The zero-order chi connectivity index (χ0) is 22.5. The molecule has 0 spiro atoms. The van der Waals surface area contributed by atoms with E-state index in [2.05, 4.69) is 20.9 Å². The van der Waals surface area contributed by atoms with Gasteiger partial charge in [-0.05, 0) is 44.5 Å². The molecule has 2 amide bonds.